The van der Waals surface area contributed by atoms with Gasteiger partial charge in [0, 0.05) is 0 Å². The molecule has 0 aliphatic heterocycles. The van der Waals surface area contributed by atoms with E-state index in [1.165, 1.54) is 17.3 Å². The van der Waals surface area contributed by atoms with Crippen molar-refractivity contribution < 1.29 is 0 Å². The maximum atomic E-state index is 3.51. The highest BCUT2D eigenvalue weighted by molar-refractivity contribution is 9.11. The Labute approximate surface area is 51.7 Å². The van der Waals surface area contributed by atoms with Gasteiger partial charge in [0.1, 0.15) is 0 Å². The largest absolute Gasteiger partial charge is 0.0738 e. The molecule has 2 unspecified atom stereocenters. The summed E-state index contributed by atoms with van der Waals surface area (Å²) in [5, 5.41) is 0. The molecule has 1 saturated carbocycles. The van der Waals surface area contributed by atoms with Gasteiger partial charge in [0.05, 0.1) is 0 Å². The summed E-state index contributed by atoms with van der Waals surface area (Å²) in [5.41, 5.74) is 0. The molecule has 0 N–H and O–H groups in total. The molecule has 0 amide bonds. The molecular weight excluding hydrogens is 152 g/mol. The molecule has 0 radical (unpaired) electrons. The topological polar surface area (TPSA) is 0 Å². The van der Waals surface area contributed by atoms with Crippen LogP contribution >= 0.6 is 15.9 Å². The van der Waals surface area contributed by atoms with Crippen molar-refractivity contribution in [2.24, 2.45) is 11.8 Å². The first-order chi connectivity index (χ1) is 3.38. The van der Waals surface area contributed by atoms with Crippen LogP contribution in [-0.2, 0) is 0 Å². The number of halogens is 1. The SMILES string of the molecule is BrC1=CCC2CC12. The van der Waals surface area contributed by atoms with E-state index >= 15 is 0 Å². The van der Waals surface area contributed by atoms with Crippen molar-refractivity contribution in [3.05, 3.63) is 10.6 Å². The summed E-state index contributed by atoms with van der Waals surface area (Å²) in [7, 11) is 0. The van der Waals surface area contributed by atoms with Crippen LogP contribution in [0.5, 0.6) is 0 Å². The van der Waals surface area contributed by atoms with Gasteiger partial charge in [-0.2, -0.15) is 0 Å². The maximum absolute atomic E-state index is 3.51. The van der Waals surface area contributed by atoms with Crippen molar-refractivity contribution >= 4 is 15.9 Å². The first kappa shape index (κ1) is 4.13. The lowest BCUT2D eigenvalue weighted by atomic mass is 10.3. The zero-order valence-corrected chi connectivity index (χ0v) is 5.61. The molecule has 2 rings (SSSR count). The van der Waals surface area contributed by atoms with E-state index in [-0.39, 0.29) is 0 Å². The minimum atomic E-state index is 0.958. The summed E-state index contributed by atoms with van der Waals surface area (Å²) in [4.78, 5) is 0. The Morgan fingerprint density at radius 3 is 2.71 bits per heavy atom. The van der Waals surface area contributed by atoms with Gasteiger partial charge in [0.15, 0.2) is 0 Å². The van der Waals surface area contributed by atoms with Crippen molar-refractivity contribution in [1.29, 1.82) is 0 Å². The molecule has 1 fully saturated rings. The van der Waals surface area contributed by atoms with Gasteiger partial charge in [-0.25, -0.2) is 0 Å². The van der Waals surface area contributed by atoms with Crippen LogP contribution in [0.25, 0.3) is 0 Å². The van der Waals surface area contributed by atoms with Gasteiger partial charge in [0.2, 0.25) is 0 Å². The van der Waals surface area contributed by atoms with Crippen molar-refractivity contribution in [2.45, 2.75) is 12.8 Å². The van der Waals surface area contributed by atoms with Crippen molar-refractivity contribution in [3.8, 4) is 0 Å². The highest BCUT2D eigenvalue weighted by Crippen LogP contribution is 2.53. The lowest BCUT2D eigenvalue weighted by Gasteiger charge is -1.81. The fourth-order valence-corrected chi connectivity index (χ4v) is 2.01. The molecule has 0 nitrogen and oxygen atoms in total. The van der Waals surface area contributed by atoms with E-state index in [0.717, 1.165) is 11.8 Å². The van der Waals surface area contributed by atoms with Crippen LogP contribution in [0.2, 0.25) is 0 Å². The van der Waals surface area contributed by atoms with Crippen LogP contribution in [0.15, 0.2) is 10.6 Å². The molecule has 38 valence electrons. The van der Waals surface area contributed by atoms with Crippen molar-refractivity contribution in [1.82, 2.24) is 0 Å². The van der Waals surface area contributed by atoms with E-state index in [9.17, 15) is 0 Å². The third-order valence-electron chi connectivity index (χ3n) is 1.89. The number of hydrogen-bond acceptors (Lipinski definition) is 0. The zero-order valence-electron chi connectivity index (χ0n) is 4.02. The highest BCUT2D eigenvalue weighted by Gasteiger charge is 2.41. The number of fused-ring (bicyclic) bond motifs is 1. The van der Waals surface area contributed by atoms with E-state index in [1.807, 2.05) is 0 Å². The molecule has 0 aromatic heterocycles. The quantitative estimate of drug-likeness (QED) is 0.508. The number of rotatable bonds is 0. The lowest BCUT2D eigenvalue weighted by molar-refractivity contribution is 0.853. The zero-order chi connectivity index (χ0) is 4.85. The first-order valence-electron chi connectivity index (χ1n) is 2.73. The third-order valence-corrected chi connectivity index (χ3v) is 2.80. The van der Waals surface area contributed by atoms with Gasteiger partial charge >= 0.3 is 0 Å². The summed E-state index contributed by atoms with van der Waals surface area (Å²) in [6.07, 6.45) is 5.10. The van der Waals surface area contributed by atoms with Gasteiger partial charge in [-0.15, -0.1) is 0 Å². The fraction of sp³-hybridized carbons (Fsp3) is 0.667. The molecule has 0 aromatic rings. The monoisotopic (exact) mass is 158 g/mol. The average molecular weight is 159 g/mol. The molecule has 0 aromatic carbocycles. The Kier molecular flexibility index (Phi) is 0.670. The van der Waals surface area contributed by atoms with Crippen LogP contribution in [0.3, 0.4) is 0 Å². The Morgan fingerprint density at radius 2 is 2.57 bits per heavy atom. The van der Waals surface area contributed by atoms with Gasteiger partial charge < -0.3 is 0 Å². The summed E-state index contributed by atoms with van der Waals surface area (Å²) < 4.78 is 1.47. The molecule has 0 spiro atoms. The number of hydrogen-bond donors (Lipinski definition) is 0. The minimum absolute atomic E-state index is 0.958. The average Bonchev–Trinajstić information content (AvgIpc) is 2.33. The second-order valence-corrected chi connectivity index (χ2v) is 3.34. The van der Waals surface area contributed by atoms with Gasteiger partial charge in [-0.3, -0.25) is 0 Å². The predicted octanol–water partition coefficient (Wildman–Crippen LogP) is 2.31. The molecule has 0 bridgehead atoms. The second kappa shape index (κ2) is 1.13. The van der Waals surface area contributed by atoms with Crippen LogP contribution in [0, 0.1) is 11.8 Å². The molecule has 2 aliphatic carbocycles. The minimum Gasteiger partial charge on any atom is -0.0738 e. The van der Waals surface area contributed by atoms with Crippen LogP contribution in [0.1, 0.15) is 12.8 Å². The summed E-state index contributed by atoms with van der Waals surface area (Å²) in [6.45, 7) is 0. The van der Waals surface area contributed by atoms with E-state index in [1.54, 1.807) is 0 Å². The van der Waals surface area contributed by atoms with Gasteiger partial charge in [-0.1, -0.05) is 22.0 Å². The van der Waals surface area contributed by atoms with E-state index < -0.39 is 0 Å². The molecule has 1 heteroatoms. The first-order valence-corrected chi connectivity index (χ1v) is 3.53. The van der Waals surface area contributed by atoms with E-state index in [2.05, 4.69) is 22.0 Å². The maximum Gasteiger partial charge on any atom is -0.00551 e. The Morgan fingerprint density at radius 1 is 1.71 bits per heavy atom. The van der Waals surface area contributed by atoms with Gasteiger partial charge in [-0.05, 0) is 29.2 Å². The molecule has 2 atom stereocenters. The van der Waals surface area contributed by atoms with Crippen molar-refractivity contribution in [2.75, 3.05) is 0 Å². The summed E-state index contributed by atoms with van der Waals surface area (Å²) in [5.74, 6) is 2.01. The number of allylic oxidation sites excluding steroid dienone is 2. The van der Waals surface area contributed by atoms with E-state index in [0.29, 0.717) is 0 Å². The van der Waals surface area contributed by atoms with Crippen LogP contribution in [-0.4, -0.2) is 0 Å². The third kappa shape index (κ3) is 0.478. The van der Waals surface area contributed by atoms with Crippen molar-refractivity contribution in [3.63, 3.8) is 0 Å². The lowest BCUT2D eigenvalue weighted by Crippen LogP contribution is -1.65. The summed E-state index contributed by atoms with van der Waals surface area (Å²) >= 11 is 3.51. The second-order valence-electron chi connectivity index (χ2n) is 2.43. The molecule has 2 aliphatic rings. The molecule has 0 saturated heterocycles. The molecular formula is C6H7Br. The Bertz CT molecular complexity index is 126. The predicted molar refractivity (Wildman–Crippen MR) is 33.2 cm³/mol. The fourth-order valence-electron chi connectivity index (χ4n) is 1.26. The van der Waals surface area contributed by atoms with Gasteiger partial charge in [0.25, 0.3) is 0 Å². The normalized spacial score (nSPS) is 45.6. The summed E-state index contributed by atoms with van der Waals surface area (Å²) in [6, 6.07) is 0. The standard InChI is InChI=1S/C6H7Br/c7-6-2-1-4-3-5(4)6/h2,4-5H,1,3H2. The van der Waals surface area contributed by atoms with Crippen LogP contribution < -0.4 is 0 Å². The van der Waals surface area contributed by atoms with Crippen LogP contribution in [0.4, 0.5) is 0 Å². The Hall–Kier alpha value is 0.220. The molecule has 0 heterocycles. The Balaban J connectivity index is 2.25. The highest BCUT2D eigenvalue weighted by atomic mass is 79.9. The smallest absolute Gasteiger partial charge is 0.00551 e. The molecule has 7 heavy (non-hydrogen) atoms. The van der Waals surface area contributed by atoms with E-state index in [4.69, 9.17) is 0 Å².